The second-order valence-electron chi connectivity index (χ2n) is 6.63. The standard InChI is InChI=1S/C22H23NO6S/c1-16-5-7-18(8-6-16)29-15-22(24)23-14-21(20-4-3-13-28-20)30(25,26)19-11-9-17(27-2)10-12-19/h3-13,21H,14-15H2,1-2H3,(H,23,24). The van der Waals surface area contributed by atoms with E-state index in [1.807, 2.05) is 19.1 Å². The van der Waals surface area contributed by atoms with Crippen LogP contribution in [0, 0.1) is 6.92 Å². The van der Waals surface area contributed by atoms with Gasteiger partial charge in [-0.3, -0.25) is 4.79 Å². The Hall–Kier alpha value is -3.26. The van der Waals surface area contributed by atoms with E-state index in [1.54, 1.807) is 36.4 Å². The van der Waals surface area contributed by atoms with Crippen molar-refractivity contribution in [3.05, 3.63) is 78.3 Å². The van der Waals surface area contributed by atoms with Crippen LogP contribution in [-0.2, 0) is 14.6 Å². The molecule has 0 aliphatic carbocycles. The van der Waals surface area contributed by atoms with Gasteiger partial charge in [0.25, 0.3) is 5.91 Å². The van der Waals surface area contributed by atoms with Gasteiger partial charge in [-0.1, -0.05) is 17.7 Å². The molecule has 0 saturated heterocycles. The van der Waals surface area contributed by atoms with E-state index < -0.39 is 21.0 Å². The average Bonchev–Trinajstić information content (AvgIpc) is 3.27. The fraction of sp³-hybridized carbons (Fsp3) is 0.227. The van der Waals surface area contributed by atoms with E-state index in [1.165, 1.54) is 25.5 Å². The molecule has 0 aliphatic heterocycles. The molecule has 1 aromatic heterocycles. The summed E-state index contributed by atoms with van der Waals surface area (Å²) >= 11 is 0. The molecule has 7 nitrogen and oxygen atoms in total. The molecule has 0 aliphatic rings. The van der Waals surface area contributed by atoms with Gasteiger partial charge in [-0.25, -0.2) is 8.42 Å². The fourth-order valence-electron chi connectivity index (χ4n) is 2.81. The minimum absolute atomic E-state index is 0.106. The highest BCUT2D eigenvalue weighted by molar-refractivity contribution is 7.91. The van der Waals surface area contributed by atoms with Crippen LogP contribution in [0.2, 0.25) is 0 Å². The number of nitrogens with one attached hydrogen (secondary N) is 1. The van der Waals surface area contributed by atoms with Crippen molar-refractivity contribution < 1.29 is 27.1 Å². The van der Waals surface area contributed by atoms with Crippen molar-refractivity contribution in [2.75, 3.05) is 20.3 Å². The molecule has 0 saturated carbocycles. The highest BCUT2D eigenvalue weighted by Crippen LogP contribution is 2.30. The molecule has 0 bridgehead atoms. The minimum Gasteiger partial charge on any atom is -0.497 e. The molecule has 158 valence electrons. The highest BCUT2D eigenvalue weighted by Gasteiger charge is 2.32. The molecule has 0 spiro atoms. The summed E-state index contributed by atoms with van der Waals surface area (Å²) in [5, 5.41) is 1.54. The number of carbonyl (C=O) groups is 1. The molecule has 3 aromatic rings. The van der Waals surface area contributed by atoms with Gasteiger partial charge >= 0.3 is 0 Å². The Kier molecular flexibility index (Phi) is 6.79. The van der Waals surface area contributed by atoms with Gasteiger partial charge in [-0.2, -0.15) is 0 Å². The largest absolute Gasteiger partial charge is 0.497 e. The van der Waals surface area contributed by atoms with Gasteiger partial charge in [-0.15, -0.1) is 0 Å². The Morgan fingerprint density at radius 1 is 1.03 bits per heavy atom. The van der Waals surface area contributed by atoms with E-state index in [9.17, 15) is 13.2 Å². The lowest BCUT2D eigenvalue weighted by Gasteiger charge is -2.17. The lowest BCUT2D eigenvalue weighted by molar-refractivity contribution is -0.123. The zero-order valence-corrected chi connectivity index (χ0v) is 17.5. The van der Waals surface area contributed by atoms with Crippen LogP contribution in [0.4, 0.5) is 0 Å². The quantitative estimate of drug-likeness (QED) is 0.561. The van der Waals surface area contributed by atoms with E-state index in [2.05, 4.69) is 5.32 Å². The third-order valence-electron chi connectivity index (χ3n) is 4.50. The number of hydrogen-bond donors (Lipinski definition) is 1. The maximum absolute atomic E-state index is 13.2. The topological polar surface area (TPSA) is 94.8 Å². The third kappa shape index (κ3) is 5.21. The second-order valence-corrected chi connectivity index (χ2v) is 8.76. The smallest absolute Gasteiger partial charge is 0.257 e. The summed E-state index contributed by atoms with van der Waals surface area (Å²) in [6, 6.07) is 16.5. The summed E-state index contributed by atoms with van der Waals surface area (Å²) in [5.74, 6) is 0.914. The minimum atomic E-state index is -3.82. The maximum atomic E-state index is 13.2. The summed E-state index contributed by atoms with van der Waals surface area (Å²) in [6.45, 7) is 1.57. The highest BCUT2D eigenvalue weighted by atomic mass is 32.2. The summed E-state index contributed by atoms with van der Waals surface area (Å²) in [6.07, 6.45) is 1.40. The van der Waals surface area contributed by atoms with Gasteiger partial charge in [0.2, 0.25) is 0 Å². The van der Waals surface area contributed by atoms with E-state index in [0.29, 0.717) is 11.5 Å². The lowest BCUT2D eigenvalue weighted by atomic mass is 10.2. The monoisotopic (exact) mass is 429 g/mol. The van der Waals surface area contributed by atoms with Crippen molar-refractivity contribution in [1.82, 2.24) is 5.32 Å². The Morgan fingerprint density at radius 2 is 1.70 bits per heavy atom. The molecule has 1 heterocycles. The second kappa shape index (κ2) is 9.49. The molecule has 1 unspecified atom stereocenters. The Bertz CT molecular complexity index is 1060. The van der Waals surface area contributed by atoms with Crippen molar-refractivity contribution in [2.45, 2.75) is 17.1 Å². The van der Waals surface area contributed by atoms with E-state index >= 15 is 0 Å². The van der Waals surface area contributed by atoms with Crippen LogP contribution in [0.25, 0.3) is 0 Å². The maximum Gasteiger partial charge on any atom is 0.257 e. The zero-order valence-electron chi connectivity index (χ0n) is 16.7. The predicted molar refractivity (Wildman–Crippen MR) is 111 cm³/mol. The molecule has 30 heavy (non-hydrogen) atoms. The van der Waals surface area contributed by atoms with Crippen LogP contribution in [0.15, 0.2) is 76.2 Å². The fourth-order valence-corrected chi connectivity index (χ4v) is 4.39. The number of amides is 1. The SMILES string of the molecule is COc1ccc(S(=O)(=O)C(CNC(=O)COc2ccc(C)cc2)c2ccco2)cc1. The summed E-state index contributed by atoms with van der Waals surface area (Å²) < 4.78 is 42.2. The van der Waals surface area contributed by atoms with Crippen molar-refractivity contribution >= 4 is 15.7 Å². The van der Waals surface area contributed by atoms with Crippen LogP contribution in [0.5, 0.6) is 11.5 Å². The first-order valence-corrected chi connectivity index (χ1v) is 10.8. The summed E-state index contributed by atoms with van der Waals surface area (Å²) in [4.78, 5) is 12.3. The molecule has 0 fully saturated rings. The van der Waals surface area contributed by atoms with Gasteiger partial charge < -0.3 is 19.2 Å². The number of aryl methyl sites for hydroxylation is 1. The number of rotatable bonds is 9. The van der Waals surface area contributed by atoms with Crippen LogP contribution in [-0.4, -0.2) is 34.6 Å². The average molecular weight is 429 g/mol. The molecule has 1 N–H and O–H groups in total. The van der Waals surface area contributed by atoms with Crippen molar-refractivity contribution in [2.24, 2.45) is 0 Å². The molecular formula is C22H23NO6S. The van der Waals surface area contributed by atoms with Gasteiger partial charge in [0.05, 0.1) is 18.3 Å². The number of ether oxygens (including phenoxy) is 2. The van der Waals surface area contributed by atoms with E-state index in [-0.39, 0.29) is 23.8 Å². The number of furan rings is 1. The van der Waals surface area contributed by atoms with Crippen LogP contribution in [0.1, 0.15) is 16.6 Å². The van der Waals surface area contributed by atoms with Crippen molar-refractivity contribution in [3.8, 4) is 11.5 Å². The van der Waals surface area contributed by atoms with Crippen molar-refractivity contribution in [1.29, 1.82) is 0 Å². The van der Waals surface area contributed by atoms with Crippen molar-refractivity contribution in [3.63, 3.8) is 0 Å². The number of benzene rings is 2. The van der Waals surface area contributed by atoms with Crippen LogP contribution in [0.3, 0.4) is 0 Å². The van der Waals surface area contributed by atoms with Gasteiger partial charge in [-0.05, 0) is 55.5 Å². The molecule has 2 aromatic carbocycles. The first kappa shape index (κ1) is 21.4. The lowest BCUT2D eigenvalue weighted by Crippen LogP contribution is -2.34. The number of carbonyl (C=O) groups excluding carboxylic acids is 1. The van der Waals surface area contributed by atoms with Crippen LogP contribution < -0.4 is 14.8 Å². The molecular weight excluding hydrogens is 406 g/mol. The molecule has 1 amide bonds. The molecule has 1 atom stereocenters. The molecule has 3 rings (SSSR count). The molecule has 8 heteroatoms. The van der Waals surface area contributed by atoms with Gasteiger partial charge in [0.15, 0.2) is 16.4 Å². The third-order valence-corrected chi connectivity index (χ3v) is 6.58. The van der Waals surface area contributed by atoms with E-state index in [0.717, 1.165) is 5.56 Å². The van der Waals surface area contributed by atoms with Gasteiger partial charge in [0, 0.05) is 6.54 Å². The van der Waals surface area contributed by atoms with Crippen LogP contribution >= 0.6 is 0 Å². The number of sulfone groups is 1. The first-order chi connectivity index (χ1) is 14.4. The predicted octanol–water partition coefficient (Wildman–Crippen LogP) is 3.31. The summed E-state index contributed by atoms with van der Waals surface area (Å²) in [7, 11) is -2.32. The Labute approximate surface area is 175 Å². The normalized spacial score (nSPS) is 12.2. The number of hydrogen-bond acceptors (Lipinski definition) is 6. The Balaban J connectivity index is 1.69. The first-order valence-electron chi connectivity index (χ1n) is 9.27. The zero-order chi connectivity index (χ0) is 21.6. The molecule has 0 radical (unpaired) electrons. The van der Waals surface area contributed by atoms with E-state index in [4.69, 9.17) is 13.9 Å². The Morgan fingerprint density at radius 3 is 2.30 bits per heavy atom. The van der Waals surface area contributed by atoms with Gasteiger partial charge in [0.1, 0.15) is 22.5 Å². The summed E-state index contributed by atoms with van der Waals surface area (Å²) in [5.41, 5.74) is 1.08. The number of methoxy groups -OCH3 is 1.